The lowest BCUT2D eigenvalue weighted by Crippen LogP contribution is -2.24. The molecule has 1 atom stereocenters. The highest BCUT2D eigenvalue weighted by Gasteiger charge is 2.31. The van der Waals surface area contributed by atoms with Crippen molar-refractivity contribution in [2.24, 2.45) is 0 Å². The number of hydrogen-bond acceptors (Lipinski definition) is 3. The molecule has 1 aliphatic heterocycles. The van der Waals surface area contributed by atoms with Gasteiger partial charge in [-0.3, -0.25) is 18.9 Å². The fourth-order valence-electron chi connectivity index (χ4n) is 2.12. The quantitative estimate of drug-likeness (QED) is 0.868. The second kappa shape index (κ2) is 4.71. The summed E-state index contributed by atoms with van der Waals surface area (Å²) in [5.74, 6) is -0.923. The topological polar surface area (TPSA) is 78.1 Å². The van der Waals surface area contributed by atoms with Crippen LogP contribution in [0.3, 0.4) is 0 Å². The molecule has 1 aromatic carbocycles. The van der Waals surface area contributed by atoms with Crippen molar-refractivity contribution in [2.45, 2.75) is 6.92 Å². The number of amides is 1. The minimum atomic E-state index is -1.75. The summed E-state index contributed by atoms with van der Waals surface area (Å²) in [7, 11) is 0. The highest BCUT2D eigenvalue weighted by Crippen LogP contribution is 2.33. The Labute approximate surface area is 116 Å². The summed E-state index contributed by atoms with van der Waals surface area (Å²) in [6, 6.07) is 4.98. The summed E-state index contributed by atoms with van der Waals surface area (Å²) in [5, 5.41) is 6.47. The van der Waals surface area contributed by atoms with E-state index < -0.39 is 22.9 Å². The number of aromatic amines is 1. The third-order valence-electron chi connectivity index (χ3n) is 3.05. The zero-order valence-electron chi connectivity index (χ0n) is 10.5. The van der Waals surface area contributed by atoms with Crippen LogP contribution in [0.4, 0.5) is 10.1 Å². The normalized spacial score (nSPS) is 18.4. The number of carbonyl (C=O) groups is 1. The maximum atomic E-state index is 14.7. The lowest BCUT2D eigenvalue weighted by Gasteiger charge is -2.18. The van der Waals surface area contributed by atoms with Crippen molar-refractivity contribution in [2.75, 3.05) is 10.8 Å². The number of benzene rings is 1. The van der Waals surface area contributed by atoms with Gasteiger partial charge in [-0.2, -0.15) is 5.10 Å². The zero-order valence-corrected chi connectivity index (χ0v) is 11.3. The van der Waals surface area contributed by atoms with Crippen LogP contribution in [-0.2, 0) is 16.0 Å². The second-order valence-electron chi connectivity index (χ2n) is 4.37. The smallest absolute Gasteiger partial charge is 0.253 e. The van der Waals surface area contributed by atoms with Gasteiger partial charge in [-0.15, -0.1) is 0 Å². The maximum Gasteiger partial charge on any atom is 0.253 e. The number of nitrogens with one attached hydrogen (secondary N) is 2. The molecule has 0 bridgehead atoms. The monoisotopic (exact) mass is 294 g/mol. The second-order valence-corrected chi connectivity index (χ2v) is 5.52. The first-order chi connectivity index (χ1) is 9.58. The van der Waals surface area contributed by atoms with E-state index in [0.717, 1.165) is 0 Å². The first kappa shape index (κ1) is 12.8. The molecule has 0 spiro atoms. The van der Waals surface area contributed by atoms with Gasteiger partial charge in [0, 0.05) is 11.8 Å². The Morgan fingerprint density at radius 3 is 2.80 bits per heavy atom. The molecule has 1 aromatic heterocycles. The van der Waals surface area contributed by atoms with Crippen LogP contribution in [-0.4, -0.2) is 26.9 Å². The summed E-state index contributed by atoms with van der Waals surface area (Å²) in [6.07, 6.45) is 1.52. The van der Waals surface area contributed by atoms with Crippen molar-refractivity contribution in [1.82, 2.24) is 14.9 Å². The van der Waals surface area contributed by atoms with Crippen molar-refractivity contribution in [3.8, 4) is 11.3 Å². The molecular weight excluding hydrogens is 283 g/mol. The van der Waals surface area contributed by atoms with E-state index >= 15 is 0 Å². The van der Waals surface area contributed by atoms with Crippen molar-refractivity contribution in [3.05, 3.63) is 35.8 Å². The van der Waals surface area contributed by atoms with E-state index in [9.17, 15) is 13.4 Å². The molecule has 104 valence electrons. The van der Waals surface area contributed by atoms with Crippen LogP contribution in [0.5, 0.6) is 0 Å². The van der Waals surface area contributed by atoms with Gasteiger partial charge in [-0.05, 0) is 24.6 Å². The highest BCUT2D eigenvalue weighted by atomic mass is 32.2. The lowest BCUT2D eigenvalue weighted by molar-refractivity contribution is -0.117. The number of nitrogens with zero attached hydrogens (tertiary/aromatic N) is 2. The van der Waals surface area contributed by atoms with Crippen molar-refractivity contribution >= 4 is 22.8 Å². The SMILES string of the molecule is Cc1ccc(-c2ccn[nH]2)c(F)c1N1CC(=O)NS1=O. The molecule has 0 saturated carbocycles. The van der Waals surface area contributed by atoms with Crippen LogP contribution in [0.1, 0.15) is 5.56 Å². The van der Waals surface area contributed by atoms with Gasteiger partial charge in [-0.25, -0.2) is 8.60 Å². The predicted octanol–water partition coefficient (Wildman–Crippen LogP) is 1.04. The minimum Gasteiger partial charge on any atom is -0.278 e. The summed E-state index contributed by atoms with van der Waals surface area (Å²) < 4.78 is 30.0. The molecule has 1 unspecified atom stereocenters. The Morgan fingerprint density at radius 1 is 1.40 bits per heavy atom. The Bertz CT molecular complexity index is 702. The molecule has 3 rings (SSSR count). The molecule has 6 nitrogen and oxygen atoms in total. The van der Waals surface area contributed by atoms with E-state index in [4.69, 9.17) is 0 Å². The van der Waals surface area contributed by atoms with Crippen molar-refractivity contribution in [1.29, 1.82) is 0 Å². The van der Waals surface area contributed by atoms with Gasteiger partial charge in [0.15, 0.2) is 5.82 Å². The number of carbonyl (C=O) groups excluding carboxylic acids is 1. The zero-order chi connectivity index (χ0) is 14.3. The molecule has 0 radical (unpaired) electrons. The first-order valence-corrected chi connectivity index (χ1v) is 6.96. The molecule has 1 fully saturated rings. The summed E-state index contributed by atoms with van der Waals surface area (Å²) in [5.41, 5.74) is 1.61. The Morgan fingerprint density at radius 2 is 2.20 bits per heavy atom. The molecular formula is C12H11FN4O2S. The third-order valence-corrected chi connectivity index (χ3v) is 4.16. The van der Waals surface area contributed by atoms with Gasteiger partial charge < -0.3 is 0 Å². The summed E-state index contributed by atoms with van der Waals surface area (Å²) in [4.78, 5) is 11.3. The Hall–Kier alpha value is -2.22. The molecule has 1 saturated heterocycles. The molecule has 2 N–H and O–H groups in total. The van der Waals surface area contributed by atoms with Gasteiger partial charge >= 0.3 is 0 Å². The van der Waals surface area contributed by atoms with Crippen molar-refractivity contribution in [3.63, 3.8) is 0 Å². The van der Waals surface area contributed by atoms with Crippen LogP contribution in [0.25, 0.3) is 11.3 Å². The summed E-state index contributed by atoms with van der Waals surface area (Å²) in [6.45, 7) is 1.58. The molecule has 20 heavy (non-hydrogen) atoms. The first-order valence-electron chi connectivity index (χ1n) is 5.85. The number of H-pyrrole nitrogens is 1. The largest absolute Gasteiger partial charge is 0.278 e. The molecule has 0 aliphatic carbocycles. The fourth-order valence-corrected chi connectivity index (χ4v) is 3.11. The van der Waals surface area contributed by atoms with E-state index in [-0.39, 0.29) is 12.2 Å². The third kappa shape index (κ3) is 1.97. The Balaban J connectivity index is 2.13. The standard InChI is InChI=1S/C12H11FN4O2S/c1-7-2-3-8(9-4-5-14-15-9)11(13)12(7)17-6-10(18)16-20(17)19/h2-5H,6H2,1H3,(H,14,15)(H,16,18). The van der Waals surface area contributed by atoms with Crippen LogP contribution in [0, 0.1) is 12.7 Å². The molecule has 2 aromatic rings. The number of halogens is 1. The van der Waals surface area contributed by atoms with Crippen LogP contribution in [0.15, 0.2) is 24.4 Å². The minimum absolute atomic E-state index is 0.128. The Kier molecular flexibility index (Phi) is 3.01. The predicted molar refractivity (Wildman–Crippen MR) is 72.3 cm³/mol. The molecule has 1 amide bonds. The van der Waals surface area contributed by atoms with Crippen LogP contribution in [0.2, 0.25) is 0 Å². The van der Waals surface area contributed by atoms with E-state index in [1.54, 1.807) is 25.1 Å². The molecule has 1 aliphatic rings. The van der Waals surface area contributed by atoms with Gasteiger partial charge in [0.2, 0.25) is 11.2 Å². The molecule has 8 heteroatoms. The van der Waals surface area contributed by atoms with Crippen LogP contribution < -0.4 is 9.03 Å². The molecule has 2 heterocycles. The van der Waals surface area contributed by atoms with Gasteiger partial charge in [0.25, 0.3) is 5.91 Å². The van der Waals surface area contributed by atoms with Crippen LogP contribution >= 0.6 is 0 Å². The van der Waals surface area contributed by atoms with Gasteiger partial charge in [0.05, 0.1) is 11.4 Å². The fraction of sp³-hybridized carbons (Fsp3) is 0.167. The highest BCUT2D eigenvalue weighted by molar-refractivity contribution is 7.85. The number of anilines is 1. The number of aryl methyl sites for hydroxylation is 1. The average molecular weight is 294 g/mol. The van der Waals surface area contributed by atoms with E-state index in [1.807, 2.05) is 0 Å². The van der Waals surface area contributed by atoms with E-state index in [1.165, 1.54) is 10.5 Å². The maximum absolute atomic E-state index is 14.7. The summed E-state index contributed by atoms with van der Waals surface area (Å²) >= 11 is -1.75. The lowest BCUT2D eigenvalue weighted by atomic mass is 10.1. The number of hydrogen-bond donors (Lipinski definition) is 2. The number of aromatic nitrogens is 2. The number of rotatable bonds is 2. The van der Waals surface area contributed by atoms with E-state index in [0.29, 0.717) is 16.8 Å². The van der Waals surface area contributed by atoms with E-state index in [2.05, 4.69) is 14.9 Å². The average Bonchev–Trinajstić information content (AvgIpc) is 3.00. The van der Waals surface area contributed by atoms with Crippen molar-refractivity contribution < 1.29 is 13.4 Å². The van der Waals surface area contributed by atoms with Gasteiger partial charge in [0.1, 0.15) is 6.54 Å². The van der Waals surface area contributed by atoms with Gasteiger partial charge in [-0.1, -0.05) is 6.07 Å².